The zero-order chi connectivity index (χ0) is 19.3. The molecule has 1 saturated heterocycles. The molecule has 0 atom stereocenters. The molecule has 2 heterocycles. The number of nitrogens with zero attached hydrogens (tertiary/aromatic N) is 2. The van der Waals surface area contributed by atoms with Gasteiger partial charge >= 0.3 is 0 Å². The van der Waals surface area contributed by atoms with Crippen LogP contribution in [0.4, 0.5) is 0 Å². The average molecular weight is 395 g/mol. The Balaban J connectivity index is 1.27. The first-order chi connectivity index (χ1) is 13.7. The molecule has 0 radical (unpaired) electrons. The minimum absolute atomic E-state index is 0.153. The van der Waals surface area contributed by atoms with Crippen molar-refractivity contribution < 1.29 is 9.53 Å². The number of benzene rings is 2. The zero-order valence-electron chi connectivity index (χ0n) is 16.3. The van der Waals surface area contributed by atoms with Crippen LogP contribution in [0.15, 0.2) is 48.0 Å². The quantitative estimate of drug-likeness (QED) is 0.578. The number of rotatable bonds is 6. The topological polar surface area (TPSA) is 42.4 Å². The van der Waals surface area contributed by atoms with Crippen LogP contribution in [-0.2, 0) is 6.42 Å². The van der Waals surface area contributed by atoms with Gasteiger partial charge in [0.05, 0.1) is 22.3 Å². The summed E-state index contributed by atoms with van der Waals surface area (Å²) in [4.78, 5) is 19.1. The number of ether oxygens (including phenoxy) is 1. The number of aryl methyl sites for hydroxylation is 1. The van der Waals surface area contributed by atoms with Gasteiger partial charge in [0.1, 0.15) is 5.75 Å². The molecule has 4 nitrogen and oxygen atoms in total. The fourth-order valence-corrected chi connectivity index (χ4v) is 4.60. The molecule has 0 bridgehead atoms. The van der Waals surface area contributed by atoms with Gasteiger partial charge in [0.2, 0.25) is 0 Å². The Morgan fingerprint density at radius 1 is 1.18 bits per heavy atom. The van der Waals surface area contributed by atoms with E-state index in [0.29, 0.717) is 12.5 Å². The summed E-state index contributed by atoms with van der Waals surface area (Å²) in [7, 11) is 0. The maximum atomic E-state index is 12.8. The lowest BCUT2D eigenvalue weighted by Gasteiger charge is -2.32. The SMILES string of the molecule is CCOc1ccc(CCC2CCN(C(=O)c3ccc4ncsc4c3)CC2)cc1. The lowest BCUT2D eigenvalue weighted by atomic mass is 9.90. The van der Waals surface area contributed by atoms with Crippen LogP contribution < -0.4 is 4.74 Å². The minimum atomic E-state index is 0.153. The van der Waals surface area contributed by atoms with Gasteiger partial charge < -0.3 is 9.64 Å². The molecule has 0 saturated carbocycles. The number of likely N-dealkylation sites (tertiary alicyclic amines) is 1. The summed E-state index contributed by atoms with van der Waals surface area (Å²) in [6.07, 6.45) is 4.45. The first kappa shape index (κ1) is 18.9. The Labute approximate surface area is 170 Å². The van der Waals surface area contributed by atoms with E-state index in [1.54, 1.807) is 11.3 Å². The second kappa shape index (κ2) is 8.74. The first-order valence-corrected chi connectivity index (χ1v) is 10.9. The molecule has 1 aliphatic rings. The van der Waals surface area contributed by atoms with Crippen LogP contribution >= 0.6 is 11.3 Å². The maximum absolute atomic E-state index is 12.8. The second-order valence-electron chi connectivity index (χ2n) is 7.39. The number of hydrogen-bond donors (Lipinski definition) is 0. The van der Waals surface area contributed by atoms with E-state index >= 15 is 0 Å². The number of carbonyl (C=O) groups is 1. The molecule has 3 aromatic rings. The third-order valence-electron chi connectivity index (χ3n) is 5.56. The van der Waals surface area contributed by atoms with Crippen molar-refractivity contribution in [2.24, 2.45) is 5.92 Å². The van der Waals surface area contributed by atoms with Crippen LogP contribution in [0, 0.1) is 5.92 Å². The summed E-state index contributed by atoms with van der Waals surface area (Å²) in [5, 5.41) is 0. The molecule has 1 amide bonds. The minimum Gasteiger partial charge on any atom is -0.494 e. The highest BCUT2D eigenvalue weighted by molar-refractivity contribution is 7.16. The van der Waals surface area contributed by atoms with Gasteiger partial charge in [-0.05, 0) is 74.4 Å². The number of thiazole rings is 1. The van der Waals surface area contributed by atoms with Crippen LogP contribution in [0.2, 0.25) is 0 Å². The van der Waals surface area contributed by atoms with Crippen molar-refractivity contribution in [2.75, 3.05) is 19.7 Å². The molecule has 1 fully saturated rings. The lowest BCUT2D eigenvalue weighted by Crippen LogP contribution is -2.38. The summed E-state index contributed by atoms with van der Waals surface area (Å²) in [5.41, 5.74) is 4.94. The van der Waals surface area contributed by atoms with Gasteiger partial charge in [-0.25, -0.2) is 4.98 Å². The normalized spacial score (nSPS) is 15.1. The van der Waals surface area contributed by atoms with E-state index in [1.807, 2.05) is 35.5 Å². The predicted octanol–water partition coefficient (Wildman–Crippen LogP) is 5.18. The van der Waals surface area contributed by atoms with Crippen molar-refractivity contribution in [1.82, 2.24) is 9.88 Å². The lowest BCUT2D eigenvalue weighted by molar-refractivity contribution is 0.0687. The predicted molar refractivity (Wildman–Crippen MR) is 114 cm³/mol. The van der Waals surface area contributed by atoms with E-state index in [1.165, 1.54) is 12.0 Å². The molecule has 4 rings (SSSR count). The van der Waals surface area contributed by atoms with Gasteiger partial charge in [-0.1, -0.05) is 12.1 Å². The van der Waals surface area contributed by atoms with Gasteiger partial charge in [0, 0.05) is 18.7 Å². The van der Waals surface area contributed by atoms with E-state index in [-0.39, 0.29) is 5.91 Å². The summed E-state index contributed by atoms with van der Waals surface area (Å²) in [6.45, 7) is 4.42. The highest BCUT2D eigenvalue weighted by atomic mass is 32.1. The van der Waals surface area contributed by atoms with Gasteiger partial charge in [0.25, 0.3) is 5.91 Å². The number of hydrogen-bond acceptors (Lipinski definition) is 4. The Kier molecular flexibility index (Phi) is 5.91. The van der Waals surface area contributed by atoms with E-state index < -0.39 is 0 Å². The van der Waals surface area contributed by atoms with Gasteiger partial charge in [-0.2, -0.15) is 0 Å². The second-order valence-corrected chi connectivity index (χ2v) is 8.27. The number of carbonyl (C=O) groups excluding carboxylic acids is 1. The maximum Gasteiger partial charge on any atom is 0.253 e. The Hall–Kier alpha value is -2.40. The molecule has 0 spiro atoms. The third-order valence-corrected chi connectivity index (χ3v) is 6.35. The van der Waals surface area contributed by atoms with Crippen LogP contribution in [0.5, 0.6) is 5.75 Å². The van der Waals surface area contributed by atoms with E-state index in [0.717, 1.165) is 53.9 Å². The summed E-state index contributed by atoms with van der Waals surface area (Å²) < 4.78 is 6.58. The highest BCUT2D eigenvalue weighted by Gasteiger charge is 2.23. The Morgan fingerprint density at radius 2 is 1.96 bits per heavy atom. The van der Waals surface area contributed by atoms with Crippen LogP contribution in [0.25, 0.3) is 10.2 Å². The molecule has 0 N–H and O–H groups in total. The fraction of sp³-hybridized carbons (Fsp3) is 0.391. The average Bonchev–Trinajstić information content (AvgIpc) is 3.21. The summed E-state index contributed by atoms with van der Waals surface area (Å²) in [6, 6.07) is 14.3. The van der Waals surface area contributed by atoms with Crippen molar-refractivity contribution in [3.8, 4) is 5.75 Å². The Morgan fingerprint density at radius 3 is 2.71 bits per heavy atom. The zero-order valence-corrected chi connectivity index (χ0v) is 17.1. The Bertz CT molecular complexity index is 927. The monoisotopic (exact) mass is 394 g/mol. The van der Waals surface area contributed by atoms with Crippen LogP contribution in [0.1, 0.15) is 42.1 Å². The van der Waals surface area contributed by atoms with Crippen LogP contribution in [0.3, 0.4) is 0 Å². The van der Waals surface area contributed by atoms with Crippen molar-refractivity contribution >= 4 is 27.5 Å². The first-order valence-electron chi connectivity index (χ1n) is 10.1. The van der Waals surface area contributed by atoms with Gasteiger partial charge in [-0.3, -0.25) is 4.79 Å². The van der Waals surface area contributed by atoms with Gasteiger partial charge in [0.15, 0.2) is 0 Å². The smallest absolute Gasteiger partial charge is 0.253 e. The van der Waals surface area contributed by atoms with Crippen molar-refractivity contribution in [1.29, 1.82) is 0 Å². The number of fused-ring (bicyclic) bond motifs is 1. The molecular formula is C23H26N2O2S. The standard InChI is InChI=1S/C23H26N2O2S/c1-2-27-20-8-5-17(6-9-20)3-4-18-11-13-25(14-12-18)23(26)19-7-10-21-22(15-19)28-16-24-21/h5-10,15-16,18H,2-4,11-14H2,1H3. The van der Waals surface area contributed by atoms with E-state index in [9.17, 15) is 4.79 Å². The summed E-state index contributed by atoms with van der Waals surface area (Å²) in [5.74, 6) is 1.79. The summed E-state index contributed by atoms with van der Waals surface area (Å²) >= 11 is 1.58. The largest absolute Gasteiger partial charge is 0.494 e. The van der Waals surface area contributed by atoms with E-state index in [2.05, 4.69) is 29.2 Å². The number of amides is 1. The molecule has 5 heteroatoms. The van der Waals surface area contributed by atoms with Gasteiger partial charge in [-0.15, -0.1) is 11.3 Å². The van der Waals surface area contributed by atoms with Crippen LogP contribution in [-0.4, -0.2) is 35.5 Å². The molecule has 28 heavy (non-hydrogen) atoms. The van der Waals surface area contributed by atoms with Crippen molar-refractivity contribution in [3.63, 3.8) is 0 Å². The molecule has 0 aliphatic carbocycles. The molecular weight excluding hydrogens is 368 g/mol. The fourth-order valence-electron chi connectivity index (χ4n) is 3.89. The molecule has 1 aromatic heterocycles. The molecule has 1 aliphatic heterocycles. The highest BCUT2D eigenvalue weighted by Crippen LogP contribution is 2.25. The van der Waals surface area contributed by atoms with Crippen molar-refractivity contribution in [3.05, 3.63) is 59.1 Å². The molecule has 146 valence electrons. The number of piperidine rings is 1. The van der Waals surface area contributed by atoms with E-state index in [4.69, 9.17) is 4.74 Å². The molecule has 0 unspecified atom stereocenters. The third kappa shape index (κ3) is 4.36. The molecule has 2 aromatic carbocycles. The number of aromatic nitrogens is 1. The van der Waals surface area contributed by atoms with Crippen molar-refractivity contribution in [2.45, 2.75) is 32.6 Å².